The summed E-state index contributed by atoms with van der Waals surface area (Å²) in [5.41, 5.74) is 3.11. The van der Waals surface area contributed by atoms with Crippen molar-refractivity contribution in [2.75, 3.05) is 59.0 Å². The van der Waals surface area contributed by atoms with Gasteiger partial charge in [-0.2, -0.15) is 15.0 Å². The Balaban J connectivity index is 1.02. The first kappa shape index (κ1) is 77.7. The predicted octanol–water partition coefficient (Wildman–Crippen LogP) is 3.88. The van der Waals surface area contributed by atoms with Crippen molar-refractivity contribution >= 4 is 88.4 Å². The molecule has 4 atom stereocenters. The highest BCUT2D eigenvalue weighted by atomic mass is 35.5. The van der Waals surface area contributed by atoms with E-state index in [1.165, 1.54) is 28.9 Å². The van der Waals surface area contributed by atoms with Gasteiger partial charge in [0.15, 0.2) is 18.0 Å². The van der Waals surface area contributed by atoms with E-state index in [0.717, 1.165) is 6.33 Å². The number of carboxylic acids is 5. The van der Waals surface area contributed by atoms with Crippen molar-refractivity contribution in [1.29, 1.82) is 0 Å². The van der Waals surface area contributed by atoms with E-state index >= 15 is 0 Å². The van der Waals surface area contributed by atoms with Crippen molar-refractivity contribution in [3.63, 3.8) is 0 Å². The Bertz CT molecular complexity index is 4110. The van der Waals surface area contributed by atoms with Crippen LogP contribution in [-0.2, 0) is 43.5 Å². The average Bonchev–Trinajstić information content (AvgIpc) is 0.827. The number of aliphatic imine (C=N–C) groups is 6. The fraction of sp³-hybridized carbons (Fsp3) is 0.377. The first-order valence-electron chi connectivity index (χ1n) is 30.3. The van der Waals surface area contributed by atoms with Crippen LogP contribution < -0.4 is 16.0 Å². The van der Waals surface area contributed by atoms with Crippen molar-refractivity contribution in [1.82, 2.24) is 54.7 Å². The minimum absolute atomic E-state index is 0.0305. The van der Waals surface area contributed by atoms with Crippen LogP contribution in [0.15, 0.2) is 125 Å². The quantitative estimate of drug-likeness (QED) is 0.0147. The summed E-state index contributed by atoms with van der Waals surface area (Å²) in [5.74, 6) is -10.2. The number of H-pyrrole nitrogens is 2. The number of aromatic nitrogens is 9. The summed E-state index contributed by atoms with van der Waals surface area (Å²) in [6.07, 6.45) is 2.30. The summed E-state index contributed by atoms with van der Waals surface area (Å²) in [6, 6.07) is 15.5. The molecule has 0 aliphatic carbocycles. The largest absolute Gasteiger partial charge is 0.497 e. The lowest BCUT2D eigenvalue weighted by molar-refractivity contribution is -0.147. The summed E-state index contributed by atoms with van der Waals surface area (Å²) >= 11 is 12.0. The molecule has 0 radical (unpaired) electrons. The lowest BCUT2D eigenvalue weighted by atomic mass is 10.1. The third-order valence-electron chi connectivity index (χ3n) is 13.6. The van der Waals surface area contributed by atoms with Crippen LogP contribution in [0.5, 0.6) is 11.8 Å². The Morgan fingerprint density at radius 2 is 1.08 bits per heavy atom. The van der Waals surface area contributed by atoms with E-state index in [2.05, 4.69) is 74.8 Å². The zero-order chi connectivity index (χ0) is 72.7. The lowest BCUT2D eigenvalue weighted by Gasteiger charge is -2.27. The fourth-order valence-corrected chi connectivity index (χ4v) is 9.45. The molecule has 1 unspecified atom stereocenters. The summed E-state index contributed by atoms with van der Waals surface area (Å²) in [7, 11) is 0. The molecule has 532 valence electrons. The number of aliphatic hydroxyl groups excluding tert-OH is 7. The van der Waals surface area contributed by atoms with E-state index in [0.29, 0.717) is 64.7 Å². The van der Waals surface area contributed by atoms with Crippen LogP contribution in [0, 0.1) is 0 Å². The van der Waals surface area contributed by atoms with Crippen molar-refractivity contribution in [2.24, 2.45) is 39.9 Å². The maximum Gasteiger partial charge on any atom is 0.328 e. The van der Waals surface area contributed by atoms with E-state index in [4.69, 9.17) is 37.9 Å². The number of hydrogen-bond acceptors (Lipinski definition) is 24. The molecule has 0 fully saturated rings. The molecule has 0 bridgehead atoms. The number of nitrogens with one attached hydrogen (secondary N) is 2. The lowest BCUT2D eigenvalue weighted by Crippen LogP contribution is -2.43. The van der Waals surface area contributed by atoms with Gasteiger partial charge in [-0.05, 0) is 116 Å². The molecule has 6 aromatic rings. The number of carboxylic acid groups (broad SMARTS) is 5. The Morgan fingerprint density at radius 3 is 1.64 bits per heavy atom. The SMILES string of the molecule is CC(O)=NCC(O)=N[C@@H](CCCCN=c1nc(Cl)[nH]c(=NCCCCC(C(=O)O)N(CC(=O)O)Cc2cccc(-c3cccc(-c4cccc(CN(CC(=O)O)CC(=O)O)n4)n3)n2)[nH]1)C(O)=NCC(O)=N[C@@H](CO)C(O)=NCC(O)=N[C@@H](Cc1ccc(Oc2ncnc(Cl)n2)cc1)C(=O)O. The standard InChI is InChI=1S/C61H71Cl2N19O18/c1-34(84)66-24-47(85)74-43(53(94)67-26-49(87)76-45(32-83)54(95)68-25-48(86)75-44(55(96)97)23-35-17-19-38(20-18-35)100-61-70-33-69-57(62)79-61)11-2-4-21-64-59-77-58(63)78-60(80-59)65-22-5-3-16-46(56(98)99)82(31-52(92)93)28-37-10-7-13-40(72-37)42-15-8-14-41(73-42)39-12-6-9-36(71-39)27-81(29-50(88)89)30-51(90)91/h6-10,12-15,17-20,33,43-46,83H,2-5,11,16,21-32H2,1H3,(H,66,84)(H,67,94)(H,68,95)(H,74,85)(H,75,86)(H,76,87)(H,88,89)(H,90,91)(H,92,93)(H,96,97)(H,98,99)(H2,64,65,77,78,80)/t43-,44-,45-,46?/m0/s1. The van der Waals surface area contributed by atoms with Crippen molar-refractivity contribution < 1.29 is 90.0 Å². The molecular weight excluding hydrogens is 1360 g/mol. The molecule has 0 amide bonds. The Hall–Kier alpha value is -11.3. The number of ether oxygens (including phenoxy) is 1. The number of benzene rings is 1. The molecule has 39 heteroatoms. The molecule has 0 spiro atoms. The van der Waals surface area contributed by atoms with Crippen molar-refractivity contribution in [3.8, 4) is 34.5 Å². The smallest absolute Gasteiger partial charge is 0.328 e. The van der Waals surface area contributed by atoms with Gasteiger partial charge in [-0.15, -0.1) is 0 Å². The number of unbranched alkanes of at least 4 members (excludes halogenated alkanes) is 2. The van der Waals surface area contributed by atoms with Crippen LogP contribution in [0.25, 0.3) is 22.8 Å². The first-order valence-corrected chi connectivity index (χ1v) is 31.0. The maximum absolute atomic E-state index is 12.7. The topological polar surface area (TPSA) is 565 Å². The van der Waals surface area contributed by atoms with Gasteiger partial charge >= 0.3 is 35.9 Å². The second kappa shape index (κ2) is 39.8. The summed E-state index contributed by atoms with van der Waals surface area (Å²) < 4.78 is 5.50. The molecule has 37 nitrogen and oxygen atoms in total. The number of carbonyl (C=O) groups is 5. The van der Waals surface area contributed by atoms with Crippen LogP contribution in [0.4, 0.5) is 0 Å². The molecule has 0 aliphatic heterocycles. The van der Waals surface area contributed by atoms with Gasteiger partial charge in [0.25, 0.3) is 0 Å². The number of aromatic amines is 2. The normalized spacial score (nSPS) is 14.3. The van der Waals surface area contributed by atoms with Gasteiger partial charge in [-0.25, -0.2) is 54.7 Å². The zero-order valence-electron chi connectivity index (χ0n) is 53.3. The molecule has 0 saturated carbocycles. The zero-order valence-corrected chi connectivity index (χ0v) is 54.8. The molecule has 1 aromatic carbocycles. The maximum atomic E-state index is 12.7. The Kier molecular flexibility index (Phi) is 30.9. The van der Waals surface area contributed by atoms with Gasteiger partial charge in [0.05, 0.1) is 60.4 Å². The number of aliphatic carboxylic acids is 5. The number of nitrogens with zero attached hydrogens (tertiary/aromatic N) is 17. The van der Waals surface area contributed by atoms with Gasteiger partial charge in [0.2, 0.25) is 51.3 Å². The summed E-state index contributed by atoms with van der Waals surface area (Å²) in [6.45, 7) is -3.20. The predicted molar refractivity (Wildman–Crippen MR) is 359 cm³/mol. The van der Waals surface area contributed by atoms with Gasteiger partial charge < -0.3 is 71.0 Å². The molecule has 0 saturated heterocycles. The van der Waals surface area contributed by atoms with Crippen molar-refractivity contribution in [2.45, 2.75) is 89.1 Å². The molecule has 5 aromatic heterocycles. The average molecular weight is 1430 g/mol. The van der Waals surface area contributed by atoms with Crippen LogP contribution in [0.2, 0.25) is 10.6 Å². The minimum atomic E-state index is -1.62. The number of hydrogen-bond donors (Lipinski definition) is 14. The van der Waals surface area contributed by atoms with E-state index in [1.807, 2.05) is 0 Å². The van der Waals surface area contributed by atoms with Crippen LogP contribution in [0.3, 0.4) is 0 Å². The van der Waals surface area contributed by atoms with Gasteiger partial charge in [0.1, 0.15) is 43.8 Å². The highest BCUT2D eigenvalue weighted by Gasteiger charge is 2.28. The second-order valence-electron chi connectivity index (χ2n) is 21.5. The fourth-order valence-electron chi connectivity index (χ4n) is 9.17. The molecule has 5 heterocycles. The van der Waals surface area contributed by atoms with Crippen molar-refractivity contribution in [3.05, 3.63) is 124 Å². The van der Waals surface area contributed by atoms with E-state index < -0.39 is 129 Å². The summed E-state index contributed by atoms with van der Waals surface area (Å²) in [5, 5.41) is 121. The number of pyridine rings is 3. The van der Waals surface area contributed by atoms with Gasteiger partial charge in [0, 0.05) is 39.5 Å². The van der Waals surface area contributed by atoms with Crippen LogP contribution in [-0.4, -0.2) is 264 Å². The first-order chi connectivity index (χ1) is 47.8. The molecule has 6 rings (SSSR count). The molecule has 14 N–H and O–H groups in total. The van der Waals surface area contributed by atoms with Crippen LogP contribution >= 0.6 is 23.2 Å². The second-order valence-corrected chi connectivity index (χ2v) is 22.2. The summed E-state index contributed by atoms with van der Waals surface area (Å²) in [4.78, 5) is 129. The highest BCUT2D eigenvalue weighted by Crippen LogP contribution is 2.24. The minimum Gasteiger partial charge on any atom is -0.497 e. The Morgan fingerprint density at radius 1 is 0.550 bits per heavy atom. The third kappa shape index (κ3) is 27.7. The van der Waals surface area contributed by atoms with Gasteiger partial charge in [-0.1, -0.05) is 30.3 Å². The van der Waals surface area contributed by atoms with Crippen LogP contribution in [0.1, 0.15) is 62.4 Å². The molecular formula is C61H71Cl2N19O18. The molecule has 100 heavy (non-hydrogen) atoms. The monoisotopic (exact) mass is 1430 g/mol. The third-order valence-corrected chi connectivity index (χ3v) is 14.0. The number of aliphatic hydroxyl groups is 7. The van der Waals surface area contributed by atoms with E-state index in [9.17, 15) is 85.3 Å². The number of rotatable bonds is 41. The Labute approximate surface area is 577 Å². The molecule has 0 aliphatic rings. The van der Waals surface area contributed by atoms with Gasteiger partial charge in [-0.3, -0.25) is 43.9 Å². The number of halogens is 2. The van der Waals surface area contributed by atoms with E-state index in [1.54, 1.807) is 66.7 Å². The van der Waals surface area contributed by atoms with E-state index in [-0.39, 0.29) is 85.6 Å². The highest BCUT2D eigenvalue weighted by molar-refractivity contribution is 6.28.